The summed E-state index contributed by atoms with van der Waals surface area (Å²) in [7, 11) is -3.70. The van der Waals surface area contributed by atoms with Gasteiger partial charge in [0.15, 0.2) is 5.78 Å². The van der Waals surface area contributed by atoms with Crippen molar-refractivity contribution in [2.75, 3.05) is 48.3 Å². The number of halogens is 1. The zero-order valence-corrected chi connectivity index (χ0v) is 17.5. The fourth-order valence-corrected chi connectivity index (χ4v) is 3.28. The number of alkyl halides is 1. The average molecular weight is 484 g/mol. The standard InChI is InChI=1S/C15H22BrN3O8S/c1-28(25,26)27-8-6-18(5-4-16)15-12(14(21)3-2-7-20)9-11(17-22)10-13(15)19(23)24/h9-10,17,20,22H,2-8H2,1H3. The molecule has 0 amide bonds. The highest BCUT2D eigenvalue weighted by Gasteiger charge is 2.28. The molecule has 11 nitrogen and oxygen atoms in total. The molecule has 13 heteroatoms. The minimum absolute atomic E-state index is 0.0107. The van der Waals surface area contributed by atoms with E-state index in [0.717, 1.165) is 12.3 Å². The first kappa shape index (κ1) is 24.2. The average Bonchev–Trinajstić information content (AvgIpc) is 2.63. The number of ketones is 1. The maximum Gasteiger partial charge on any atom is 0.295 e. The molecule has 0 aromatic heterocycles. The van der Waals surface area contributed by atoms with Crippen LogP contribution in [0.25, 0.3) is 0 Å². The van der Waals surface area contributed by atoms with Crippen LogP contribution in [0, 0.1) is 10.1 Å². The number of nitro groups is 1. The van der Waals surface area contributed by atoms with Crippen LogP contribution in [0.2, 0.25) is 0 Å². The Morgan fingerprint density at radius 1 is 1.39 bits per heavy atom. The summed E-state index contributed by atoms with van der Waals surface area (Å²) < 4.78 is 27.1. The van der Waals surface area contributed by atoms with Crippen molar-refractivity contribution in [3.8, 4) is 0 Å². The second-order valence-corrected chi connectivity index (χ2v) is 8.15. The number of benzene rings is 1. The van der Waals surface area contributed by atoms with Gasteiger partial charge in [0.25, 0.3) is 15.8 Å². The summed E-state index contributed by atoms with van der Waals surface area (Å²) in [5.41, 5.74) is 1.27. The summed E-state index contributed by atoms with van der Waals surface area (Å²) >= 11 is 3.23. The number of Topliss-reactive ketones (excluding diaryl/α,β-unsaturated/α-hetero) is 1. The molecular weight excluding hydrogens is 462 g/mol. The van der Waals surface area contributed by atoms with Crippen molar-refractivity contribution in [1.29, 1.82) is 0 Å². The Balaban J connectivity index is 3.45. The number of aliphatic hydroxyl groups excluding tert-OH is 1. The van der Waals surface area contributed by atoms with Gasteiger partial charge in [-0.3, -0.25) is 29.8 Å². The number of nitro benzene ring substituents is 1. The lowest BCUT2D eigenvalue weighted by Gasteiger charge is -2.26. The summed E-state index contributed by atoms with van der Waals surface area (Å²) in [5.74, 6) is -0.465. The third-order valence-corrected chi connectivity index (χ3v) is 4.56. The molecular formula is C15H22BrN3O8S. The van der Waals surface area contributed by atoms with Crippen LogP contribution in [0.1, 0.15) is 23.2 Å². The number of anilines is 2. The van der Waals surface area contributed by atoms with Crippen LogP contribution in [0.4, 0.5) is 17.1 Å². The highest BCUT2D eigenvalue weighted by Crippen LogP contribution is 2.36. The molecule has 158 valence electrons. The van der Waals surface area contributed by atoms with Gasteiger partial charge in [-0.1, -0.05) is 15.9 Å². The van der Waals surface area contributed by atoms with E-state index in [0.29, 0.717) is 5.33 Å². The molecule has 0 atom stereocenters. The summed E-state index contributed by atoms with van der Waals surface area (Å²) in [6.07, 6.45) is 0.992. The largest absolute Gasteiger partial charge is 0.396 e. The van der Waals surface area contributed by atoms with E-state index in [-0.39, 0.29) is 56.1 Å². The molecule has 0 bridgehead atoms. The van der Waals surface area contributed by atoms with Gasteiger partial charge in [0.1, 0.15) is 5.69 Å². The molecule has 0 saturated carbocycles. The lowest BCUT2D eigenvalue weighted by Crippen LogP contribution is -2.32. The fourth-order valence-electron chi connectivity index (χ4n) is 2.48. The van der Waals surface area contributed by atoms with Crippen LogP contribution in [-0.2, 0) is 14.3 Å². The Labute approximate surface area is 170 Å². The number of hydrogen-bond acceptors (Lipinski definition) is 10. The highest BCUT2D eigenvalue weighted by atomic mass is 79.9. The van der Waals surface area contributed by atoms with E-state index < -0.39 is 26.5 Å². The van der Waals surface area contributed by atoms with Crippen LogP contribution in [0.3, 0.4) is 0 Å². The molecule has 28 heavy (non-hydrogen) atoms. The number of hydrogen-bond donors (Lipinski definition) is 3. The number of carbonyl (C=O) groups excluding carboxylic acids is 1. The topological polar surface area (TPSA) is 159 Å². The van der Waals surface area contributed by atoms with Crippen LogP contribution < -0.4 is 10.4 Å². The molecule has 0 unspecified atom stereocenters. The maximum absolute atomic E-state index is 12.6. The second kappa shape index (κ2) is 11.3. The zero-order chi connectivity index (χ0) is 21.3. The van der Waals surface area contributed by atoms with E-state index in [1.807, 2.05) is 0 Å². The van der Waals surface area contributed by atoms with Crippen molar-refractivity contribution in [2.45, 2.75) is 12.8 Å². The van der Waals surface area contributed by atoms with Crippen LogP contribution in [-0.4, -0.2) is 67.3 Å². The number of nitrogens with one attached hydrogen (secondary N) is 1. The van der Waals surface area contributed by atoms with Gasteiger partial charge < -0.3 is 10.0 Å². The Morgan fingerprint density at radius 2 is 2.07 bits per heavy atom. The van der Waals surface area contributed by atoms with E-state index in [4.69, 9.17) is 14.5 Å². The molecule has 0 fully saturated rings. The number of rotatable bonds is 13. The number of carbonyl (C=O) groups is 1. The molecule has 0 heterocycles. The molecule has 1 aromatic rings. The lowest BCUT2D eigenvalue weighted by molar-refractivity contribution is -0.384. The second-order valence-electron chi connectivity index (χ2n) is 5.71. The minimum atomic E-state index is -3.70. The Bertz CT molecular complexity index is 803. The molecule has 1 aromatic carbocycles. The fraction of sp³-hybridized carbons (Fsp3) is 0.533. The predicted octanol–water partition coefficient (Wildman–Crippen LogP) is 1.53. The van der Waals surface area contributed by atoms with Crippen molar-refractivity contribution >= 4 is 48.9 Å². The molecule has 0 saturated heterocycles. The van der Waals surface area contributed by atoms with E-state index in [2.05, 4.69) is 15.9 Å². The summed E-state index contributed by atoms with van der Waals surface area (Å²) in [4.78, 5) is 25.0. The van der Waals surface area contributed by atoms with Gasteiger partial charge in [0.2, 0.25) is 0 Å². The first-order chi connectivity index (χ1) is 13.1. The van der Waals surface area contributed by atoms with Crippen LogP contribution in [0.5, 0.6) is 0 Å². The van der Waals surface area contributed by atoms with Crippen molar-refractivity contribution in [3.63, 3.8) is 0 Å². The van der Waals surface area contributed by atoms with Gasteiger partial charge in [0.05, 0.1) is 29.0 Å². The van der Waals surface area contributed by atoms with Gasteiger partial charge in [-0.05, 0) is 12.5 Å². The van der Waals surface area contributed by atoms with E-state index in [1.54, 1.807) is 5.48 Å². The SMILES string of the molecule is CS(=O)(=O)OCCN(CCBr)c1c(C(=O)CCCO)cc(NO)cc1[N+](=O)[O-]. The van der Waals surface area contributed by atoms with E-state index >= 15 is 0 Å². The van der Waals surface area contributed by atoms with Gasteiger partial charge in [-0.2, -0.15) is 8.42 Å². The molecule has 3 N–H and O–H groups in total. The molecule has 0 aliphatic rings. The Hall–Kier alpha value is -1.80. The molecule has 0 radical (unpaired) electrons. The number of aliphatic hydroxyl groups is 1. The molecule has 1 rings (SSSR count). The monoisotopic (exact) mass is 483 g/mol. The molecule has 0 aliphatic carbocycles. The number of nitrogens with zero attached hydrogens (tertiary/aromatic N) is 2. The van der Waals surface area contributed by atoms with Crippen LogP contribution in [0.15, 0.2) is 12.1 Å². The summed E-state index contributed by atoms with van der Waals surface area (Å²) in [6.45, 7) is -0.312. The quantitative estimate of drug-likeness (QED) is 0.123. The first-order valence-electron chi connectivity index (χ1n) is 8.16. The molecule has 0 spiro atoms. The third-order valence-electron chi connectivity index (χ3n) is 3.61. The van der Waals surface area contributed by atoms with Gasteiger partial charge in [-0.15, -0.1) is 0 Å². The third kappa shape index (κ3) is 7.31. The Morgan fingerprint density at radius 3 is 2.57 bits per heavy atom. The predicted molar refractivity (Wildman–Crippen MR) is 106 cm³/mol. The minimum Gasteiger partial charge on any atom is -0.396 e. The van der Waals surface area contributed by atoms with E-state index in [1.165, 1.54) is 11.0 Å². The van der Waals surface area contributed by atoms with Gasteiger partial charge in [-0.25, -0.2) is 0 Å². The van der Waals surface area contributed by atoms with Crippen molar-refractivity contribution in [2.24, 2.45) is 0 Å². The zero-order valence-electron chi connectivity index (χ0n) is 15.1. The maximum atomic E-state index is 12.6. The smallest absolute Gasteiger partial charge is 0.295 e. The van der Waals surface area contributed by atoms with Crippen LogP contribution >= 0.6 is 15.9 Å². The highest BCUT2D eigenvalue weighted by molar-refractivity contribution is 9.09. The normalized spacial score (nSPS) is 11.3. The van der Waals surface area contributed by atoms with Gasteiger partial charge >= 0.3 is 0 Å². The van der Waals surface area contributed by atoms with Gasteiger partial charge in [0, 0.05) is 37.5 Å². The van der Waals surface area contributed by atoms with E-state index in [9.17, 15) is 23.3 Å². The van der Waals surface area contributed by atoms with Crippen molar-refractivity contribution < 1.29 is 32.6 Å². The summed E-state index contributed by atoms with van der Waals surface area (Å²) in [5, 5.41) is 30.1. The van der Waals surface area contributed by atoms with Crippen molar-refractivity contribution in [1.82, 2.24) is 0 Å². The lowest BCUT2D eigenvalue weighted by atomic mass is 10.0. The molecule has 0 aliphatic heterocycles. The van der Waals surface area contributed by atoms with Crippen molar-refractivity contribution in [3.05, 3.63) is 27.8 Å². The summed E-state index contributed by atoms with van der Waals surface area (Å²) in [6, 6.07) is 2.33. The first-order valence-corrected chi connectivity index (χ1v) is 11.1. The Kier molecular flexibility index (Phi) is 9.75.